The Bertz CT molecular complexity index is 970. The summed E-state index contributed by atoms with van der Waals surface area (Å²) in [6.07, 6.45) is 2.18. The van der Waals surface area contributed by atoms with Crippen molar-refractivity contribution in [2.45, 2.75) is 24.7 Å². The maximum Gasteiger partial charge on any atom is 0.126 e. The zero-order valence-corrected chi connectivity index (χ0v) is 18.3. The normalized spacial score (nSPS) is 17.8. The van der Waals surface area contributed by atoms with Crippen LogP contribution in [-0.4, -0.2) is 43.9 Å². The molecule has 3 aromatic rings. The SMILES string of the molecule is CN(C)CCCCOc1ccc([C@H]2c3ccc(O)cc3OC[C@@H]2c2ccccc2)cc1. The maximum atomic E-state index is 9.92. The molecule has 2 atom stereocenters. The lowest BCUT2D eigenvalue weighted by Gasteiger charge is -2.34. The maximum absolute atomic E-state index is 9.92. The van der Waals surface area contributed by atoms with Gasteiger partial charge in [-0.25, -0.2) is 0 Å². The standard InChI is InChI=1S/C27H31NO3/c1-28(2)16-6-7-17-30-23-13-10-21(11-14-23)27-24-15-12-22(29)18-26(24)31-19-25(27)20-8-4-3-5-9-20/h3-5,8-15,18,25,27,29H,6-7,16-17,19H2,1-2H3/t25-,27+/m1/s1. The molecule has 0 saturated carbocycles. The highest BCUT2D eigenvalue weighted by Gasteiger charge is 2.33. The van der Waals surface area contributed by atoms with Gasteiger partial charge in [0.1, 0.15) is 17.2 Å². The average molecular weight is 418 g/mol. The second-order valence-electron chi connectivity index (χ2n) is 8.46. The number of hydrogen-bond acceptors (Lipinski definition) is 4. The summed E-state index contributed by atoms with van der Waals surface area (Å²) >= 11 is 0. The number of aromatic hydroxyl groups is 1. The molecule has 4 heteroatoms. The van der Waals surface area contributed by atoms with Crippen LogP contribution < -0.4 is 9.47 Å². The fourth-order valence-corrected chi connectivity index (χ4v) is 4.29. The fraction of sp³-hybridized carbons (Fsp3) is 0.333. The van der Waals surface area contributed by atoms with E-state index in [1.54, 1.807) is 12.1 Å². The zero-order valence-electron chi connectivity index (χ0n) is 18.3. The van der Waals surface area contributed by atoms with E-state index in [1.165, 1.54) is 11.1 Å². The number of phenols is 1. The van der Waals surface area contributed by atoms with Crippen molar-refractivity contribution in [2.75, 3.05) is 33.9 Å². The van der Waals surface area contributed by atoms with Crippen molar-refractivity contribution < 1.29 is 14.6 Å². The third-order valence-electron chi connectivity index (χ3n) is 5.89. The molecular formula is C27H31NO3. The first-order valence-electron chi connectivity index (χ1n) is 11.0. The van der Waals surface area contributed by atoms with Crippen molar-refractivity contribution >= 4 is 0 Å². The van der Waals surface area contributed by atoms with Gasteiger partial charge in [-0.3, -0.25) is 0 Å². The molecule has 4 rings (SSSR count). The van der Waals surface area contributed by atoms with Gasteiger partial charge in [0, 0.05) is 23.5 Å². The monoisotopic (exact) mass is 417 g/mol. The summed E-state index contributed by atoms with van der Waals surface area (Å²) in [5, 5.41) is 9.92. The van der Waals surface area contributed by atoms with Crippen LogP contribution in [0.25, 0.3) is 0 Å². The summed E-state index contributed by atoms with van der Waals surface area (Å²) in [6, 6.07) is 24.4. The van der Waals surface area contributed by atoms with Crippen LogP contribution in [0.3, 0.4) is 0 Å². The highest BCUT2D eigenvalue weighted by atomic mass is 16.5. The Hall–Kier alpha value is -2.98. The largest absolute Gasteiger partial charge is 0.508 e. The summed E-state index contributed by atoms with van der Waals surface area (Å²) < 4.78 is 12.0. The first-order chi connectivity index (χ1) is 15.1. The molecule has 0 aromatic heterocycles. The number of phenolic OH excluding ortho intramolecular Hbond substituents is 1. The molecule has 0 spiro atoms. The quantitative estimate of drug-likeness (QED) is 0.497. The van der Waals surface area contributed by atoms with Crippen LogP contribution in [0.4, 0.5) is 0 Å². The Balaban J connectivity index is 1.54. The average Bonchev–Trinajstić information content (AvgIpc) is 2.79. The molecule has 1 heterocycles. The molecule has 3 aromatic carbocycles. The molecule has 0 bridgehead atoms. The highest BCUT2D eigenvalue weighted by molar-refractivity contribution is 5.50. The van der Waals surface area contributed by atoms with E-state index >= 15 is 0 Å². The second kappa shape index (κ2) is 9.88. The van der Waals surface area contributed by atoms with Crippen molar-refractivity contribution in [1.82, 2.24) is 4.90 Å². The second-order valence-corrected chi connectivity index (χ2v) is 8.46. The van der Waals surface area contributed by atoms with Crippen LogP contribution in [0.1, 0.15) is 41.4 Å². The number of hydrogen-bond donors (Lipinski definition) is 1. The van der Waals surface area contributed by atoms with E-state index in [0.717, 1.165) is 43.1 Å². The van der Waals surface area contributed by atoms with Crippen molar-refractivity contribution in [1.29, 1.82) is 0 Å². The van der Waals surface area contributed by atoms with Crippen LogP contribution in [0.15, 0.2) is 72.8 Å². The molecule has 1 aliphatic heterocycles. The predicted octanol–water partition coefficient (Wildman–Crippen LogP) is 5.42. The predicted molar refractivity (Wildman–Crippen MR) is 124 cm³/mol. The van der Waals surface area contributed by atoms with Crippen LogP contribution >= 0.6 is 0 Å². The van der Waals surface area contributed by atoms with Crippen molar-refractivity contribution in [3.05, 3.63) is 89.5 Å². The lowest BCUT2D eigenvalue weighted by atomic mass is 9.76. The Morgan fingerprint density at radius 1 is 0.935 bits per heavy atom. The lowest BCUT2D eigenvalue weighted by Crippen LogP contribution is -2.25. The molecule has 162 valence electrons. The fourth-order valence-electron chi connectivity index (χ4n) is 4.29. The van der Waals surface area contributed by atoms with Crippen molar-refractivity contribution in [2.24, 2.45) is 0 Å². The minimum absolute atomic E-state index is 0.154. The molecule has 31 heavy (non-hydrogen) atoms. The summed E-state index contributed by atoms with van der Waals surface area (Å²) in [5.74, 6) is 2.26. The third kappa shape index (κ3) is 5.20. The van der Waals surface area contributed by atoms with Gasteiger partial charge in [0.25, 0.3) is 0 Å². The number of benzene rings is 3. The molecule has 0 amide bonds. The van der Waals surface area contributed by atoms with E-state index in [-0.39, 0.29) is 17.6 Å². The van der Waals surface area contributed by atoms with Crippen molar-refractivity contribution in [3.8, 4) is 17.2 Å². The van der Waals surface area contributed by atoms with E-state index in [0.29, 0.717) is 6.61 Å². The van der Waals surface area contributed by atoms with Gasteiger partial charge in [-0.1, -0.05) is 48.5 Å². The zero-order chi connectivity index (χ0) is 21.6. The Morgan fingerprint density at radius 3 is 2.45 bits per heavy atom. The lowest BCUT2D eigenvalue weighted by molar-refractivity contribution is 0.247. The van der Waals surface area contributed by atoms with E-state index in [9.17, 15) is 5.11 Å². The number of unbranched alkanes of at least 4 members (excludes halogenated alkanes) is 1. The number of ether oxygens (including phenoxy) is 2. The first kappa shape index (κ1) is 21.3. The van der Waals surface area contributed by atoms with E-state index < -0.39 is 0 Å². The van der Waals surface area contributed by atoms with Gasteiger partial charge in [0.05, 0.1) is 13.2 Å². The molecule has 4 nitrogen and oxygen atoms in total. The number of fused-ring (bicyclic) bond motifs is 1. The van der Waals surface area contributed by atoms with Crippen LogP contribution in [0, 0.1) is 0 Å². The van der Waals surface area contributed by atoms with E-state index in [4.69, 9.17) is 9.47 Å². The Morgan fingerprint density at radius 2 is 1.71 bits per heavy atom. The third-order valence-corrected chi connectivity index (χ3v) is 5.89. The van der Waals surface area contributed by atoms with Gasteiger partial charge >= 0.3 is 0 Å². The van der Waals surface area contributed by atoms with E-state index in [2.05, 4.69) is 67.5 Å². The topological polar surface area (TPSA) is 41.9 Å². The van der Waals surface area contributed by atoms with Crippen molar-refractivity contribution in [3.63, 3.8) is 0 Å². The van der Waals surface area contributed by atoms with Gasteiger partial charge in [0.2, 0.25) is 0 Å². The minimum atomic E-state index is 0.154. The minimum Gasteiger partial charge on any atom is -0.508 e. The summed E-state index contributed by atoms with van der Waals surface area (Å²) in [5.41, 5.74) is 3.59. The smallest absolute Gasteiger partial charge is 0.126 e. The van der Waals surface area contributed by atoms with Crippen LogP contribution in [-0.2, 0) is 0 Å². The first-order valence-corrected chi connectivity index (χ1v) is 11.0. The van der Waals surface area contributed by atoms with Gasteiger partial charge in [-0.05, 0) is 62.8 Å². The van der Waals surface area contributed by atoms with Gasteiger partial charge < -0.3 is 19.5 Å². The molecule has 0 aliphatic carbocycles. The Kier molecular flexibility index (Phi) is 6.78. The van der Waals surface area contributed by atoms with Gasteiger partial charge in [-0.15, -0.1) is 0 Å². The highest BCUT2D eigenvalue weighted by Crippen LogP contribution is 2.47. The molecular weight excluding hydrogens is 386 g/mol. The molecule has 1 aliphatic rings. The number of rotatable bonds is 8. The van der Waals surface area contributed by atoms with Crippen LogP contribution in [0.2, 0.25) is 0 Å². The summed E-state index contributed by atoms with van der Waals surface area (Å²) in [6.45, 7) is 2.40. The van der Waals surface area contributed by atoms with Gasteiger partial charge in [0.15, 0.2) is 0 Å². The van der Waals surface area contributed by atoms with E-state index in [1.807, 2.05) is 12.1 Å². The van der Waals surface area contributed by atoms with Gasteiger partial charge in [-0.2, -0.15) is 0 Å². The summed E-state index contributed by atoms with van der Waals surface area (Å²) in [4.78, 5) is 2.20. The Labute approximate surface area is 185 Å². The number of nitrogens with zero attached hydrogens (tertiary/aromatic N) is 1. The molecule has 0 radical (unpaired) electrons. The van der Waals surface area contributed by atoms with Crippen LogP contribution in [0.5, 0.6) is 17.2 Å². The summed E-state index contributed by atoms with van der Waals surface area (Å²) in [7, 11) is 4.19. The molecule has 0 unspecified atom stereocenters. The molecule has 0 fully saturated rings. The molecule has 1 N–H and O–H groups in total. The molecule has 0 saturated heterocycles.